The molecule has 1 atom stereocenters. The Balaban J connectivity index is 2.28. The van der Waals surface area contributed by atoms with E-state index in [1.54, 1.807) is 23.5 Å². The topological polar surface area (TPSA) is 12.0 Å². The van der Waals surface area contributed by atoms with Crippen molar-refractivity contribution in [2.24, 2.45) is 0 Å². The number of thiophene rings is 1. The Bertz CT molecular complexity index is 578. The summed E-state index contributed by atoms with van der Waals surface area (Å²) in [6, 6.07) is 6.68. The molecule has 1 nitrogen and oxygen atoms in total. The van der Waals surface area contributed by atoms with Gasteiger partial charge in [-0.15, -0.1) is 11.3 Å². The molecule has 0 fully saturated rings. The van der Waals surface area contributed by atoms with Crippen molar-refractivity contribution in [3.63, 3.8) is 0 Å². The van der Waals surface area contributed by atoms with Crippen LogP contribution >= 0.6 is 50.5 Å². The number of hydrogen-bond acceptors (Lipinski definition) is 2. The van der Waals surface area contributed by atoms with E-state index in [-0.39, 0.29) is 11.9 Å². The number of halogens is 4. The first-order valence-electron chi connectivity index (χ1n) is 6.64. The second kappa shape index (κ2) is 7.93. The Labute approximate surface area is 146 Å². The van der Waals surface area contributed by atoms with Crippen molar-refractivity contribution in [2.45, 2.75) is 25.8 Å². The van der Waals surface area contributed by atoms with Crippen molar-refractivity contribution >= 4 is 50.5 Å². The van der Waals surface area contributed by atoms with Crippen LogP contribution in [-0.2, 0) is 6.42 Å². The van der Waals surface area contributed by atoms with Crippen LogP contribution in [0.3, 0.4) is 0 Å². The van der Waals surface area contributed by atoms with Crippen molar-refractivity contribution in [3.8, 4) is 0 Å². The van der Waals surface area contributed by atoms with Crippen LogP contribution in [0.25, 0.3) is 0 Å². The lowest BCUT2D eigenvalue weighted by Crippen LogP contribution is -2.23. The number of benzene rings is 1. The van der Waals surface area contributed by atoms with Crippen molar-refractivity contribution < 1.29 is 4.39 Å². The maximum atomic E-state index is 14.0. The second-order valence-corrected chi connectivity index (χ2v) is 7.90. The van der Waals surface area contributed by atoms with Crippen LogP contribution in [0.1, 0.15) is 29.8 Å². The number of rotatable bonds is 6. The third kappa shape index (κ3) is 4.42. The molecule has 0 bridgehead atoms. The fourth-order valence-corrected chi connectivity index (χ4v) is 4.12. The Morgan fingerprint density at radius 3 is 2.67 bits per heavy atom. The molecular weight excluding hydrogens is 396 g/mol. The molecule has 0 saturated heterocycles. The molecule has 1 aromatic carbocycles. The van der Waals surface area contributed by atoms with Crippen molar-refractivity contribution in [1.82, 2.24) is 5.32 Å². The first kappa shape index (κ1) is 17.2. The molecule has 0 amide bonds. The maximum absolute atomic E-state index is 14.0. The lowest BCUT2D eigenvalue weighted by Gasteiger charge is -2.18. The van der Waals surface area contributed by atoms with Crippen LogP contribution in [0.2, 0.25) is 10.0 Å². The molecule has 114 valence electrons. The van der Waals surface area contributed by atoms with Gasteiger partial charge in [0.1, 0.15) is 5.82 Å². The molecule has 0 aliphatic carbocycles. The SMILES string of the molecule is CCCNC(Cc1c(F)cccc1Cl)c1cc(Cl)c(Br)s1. The van der Waals surface area contributed by atoms with Crippen LogP contribution in [0.15, 0.2) is 28.1 Å². The second-order valence-electron chi connectivity index (χ2n) is 4.68. The van der Waals surface area contributed by atoms with Gasteiger partial charge in [-0.3, -0.25) is 0 Å². The monoisotopic (exact) mass is 409 g/mol. The van der Waals surface area contributed by atoms with Crippen LogP contribution in [-0.4, -0.2) is 6.54 Å². The van der Waals surface area contributed by atoms with E-state index in [4.69, 9.17) is 23.2 Å². The average Bonchev–Trinajstić information content (AvgIpc) is 2.77. The van der Waals surface area contributed by atoms with Crippen LogP contribution in [0.5, 0.6) is 0 Å². The van der Waals surface area contributed by atoms with E-state index in [9.17, 15) is 4.39 Å². The largest absolute Gasteiger partial charge is 0.309 e. The summed E-state index contributed by atoms with van der Waals surface area (Å²) < 4.78 is 14.9. The Hall–Kier alpha value is -0.130. The van der Waals surface area contributed by atoms with Gasteiger partial charge >= 0.3 is 0 Å². The highest BCUT2D eigenvalue weighted by atomic mass is 79.9. The molecule has 2 rings (SSSR count). The zero-order valence-electron chi connectivity index (χ0n) is 11.4. The molecule has 6 heteroatoms. The Morgan fingerprint density at radius 1 is 1.33 bits per heavy atom. The first-order chi connectivity index (χ1) is 10.0. The van der Waals surface area contributed by atoms with Crippen LogP contribution in [0.4, 0.5) is 4.39 Å². The standard InChI is InChI=1S/C15H15BrCl2FNS/c1-2-6-20-13(14-8-11(18)15(16)21-14)7-9-10(17)4-3-5-12(9)19/h3-5,8,13,20H,2,6-7H2,1H3. The maximum Gasteiger partial charge on any atom is 0.127 e. The van der Waals surface area contributed by atoms with Gasteiger partial charge in [0.25, 0.3) is 0 Å². The van der Waals surface area contributed by atoms with Gasteiger partial charge in [0.15, 0.2) is 0 Å². The fraction of sp³-hybridized carbons (Fsp3) is 0.333. The highest BCUT2D eigenvalue weighted by molar-refractivity contribution is 9.11. The lowest BCUT2D eigenvalue weighted by atomic mass is 10.0. The molecule has 1 heterocycles. The summed E-state index contributed by atoms with van der Waals surface area (Å²) in [5.74, 6) is -0.271. The van der Waals surface area contributed by atoms with Gasteiger partial charge < -0.3 is 5.32 Å². The average molecular weight is 411 g/mol. The fourth-order valence-electron chi connectivity index (χ4n) is 2.06. The molecule has 2 aromatic rings. The van der Waals surface area contributed by atoms with Crippen molar-refractivity contribution in [2.75, 3.05) is 6.54 Å². The summed E-state index contributed by atoms with van der Waals surface area (Å²) in [7, 11) is 0. The summed E-state index contributed by atoms with van der Waals surface area (Å²) in [4.78, 5) is 1.07. The minimum atomic E-state index is -0.271. The van der Waals surface area contributed by atoms with Crippen LogP contribution < -0.4 is 5.32 Å². The highest BCUT2D eigenvalue weighted by Crippen LogP contribution is 2.37. The van der Waals surface area contributed by atoms with E-state index < -0.39 is 0 Å². The smallest absolute Gasteiger partial charge is 0.127 e. The molecule has 21 heavy (non-hydrogen) atoms. The minimum absolute atomic E-state index is 0.00634. The molecule has 0 aliphatic rings. The highest BCUT2D eigenvalue weighted by Gasteiger charge is 2.19. The molecule has 0 aliphatic heterocycles. The van der Waals surface area contributed by atoms with Gasteiger partial charge in [0.05, 0.1) is 8.81 Å². The lowest BCUT2D eigenvalue weighted by molar-refractivity contribution is 0.519. The van der Waals surface area contributed by atoms with Crippen molar-refractivity contribution in [1.29, 1.82) is 0 Å². The zero-order valence-corrected chi connectivity index (χ0v) is 15.3. The molecule has 1 N–H and O–H groups in total. The summed E-state index contributed by atoms with van der Waals surface area (Å²) in [6.45, 7) is 2.95. The third-order valence-electron chi connectivity index (χ3n) is 3.12. The van der Waals surface area contributed by atoms with Crippen molar-refractivity contribution in [3.05, 3.63) is 54.4 Å². The first-order valence-corrected chi connectivity index (χ1v) is 9.00. The number of hydrogen-bond donors (Lipinski definition) is 1. The van der Waals surface area contributed by atoms with Gasteiger partial charge in [-0.1, -0.05) is 36.2 Å². The predicted molar refractivity (Wildman–Crippen MR) is 93.2 cm³/mol. The van der Waals surface area contributed by atoms with E-state index in [0.717, 1.165) is 21.6 Å². The van der Waals surface area contributed by atoms with Gasteiger partial charge in [0.2, 0.25) is 0 Å². The summed E-state index contributed by atoms with van der Waals surface area (Å²) in [5.41, 5.74) is 0.536. The predicted octanol–water partition coefficient (Wildman–Crippen LogP) is 6.24. The quantitative estimate of drug-likeness (QED) is 0.594. The molecule has 0 saturated carbocycles. The number of nitrogens with one attached hydrogen (secondary N) is 1. The molecular formula is C15H15BrCl2FNS. The van der Waals surface area contributed by atoms with E-state index in [0.29, 0.717) is 22.0 Å². The molecule has 1 unspecified atom stereocenters. The molecule has 0 radical (unpaired) electrons. The Kier molecular flexibility index (Phi) is 6.51. The third-order valence-corrected chi connectivity index (χ3v) is 6.06. The minimum Gasteiger partial charge on any atom is -0.309 e. The van der Waals surface area contributed by atoms with Crippen LogP contribution in [0, 0.1) is 5.82 Å². The summed E-state index contributed by atoms with van der Waals surface area (Å²) >= 11 is 17.2. The summed E-state index contributed by atoms with van der Waals surface area (Å²) in [5, 5.41) is 4.57. The van der Waals surface area contributed by atoms with E-state index in [1.807, 2.05) is 6.07 Å². The van der Waals surface area contributed by atoms with E-state index >= 15 is 0 Å². The van der Waals surface area contributed by atoms with Gasteiger partial charge in [-0.05, 0) is 53.5 Å². The normalized spacial score (nSPS) is 12.6. The summed E-state index contributed by atoms with van der Waals surface area (Å²) in [6.07, 6.45) is 1.50. The van der Waals surface area contributed by atoms with Gasteiger partial charge in [-0.2, -0.15) is 0 Å². The zero-order chi connectivity index (χ0) is 15.4. The van der Waals surface area contributed by atoms with E-state index in [1.165, 1.54) is 6.07 Å². The molecule has 1 aromatic heterocycles. The molecule has 0 spiro atoms. The van der Waals surface area contributed by atoms with E-state index in [2.05, 4.69) is 28.2 Å². The van der Waals surface area contributed by atoms with Gasteiger partial charge in [0, 0.05) is 21.5 Å². The Morgan fingerprint density at radius 2 is 2.10 bits per heavy atom. The van der Waals surface area contributed by atoms with Gasteiger partial charge in [-0.25, -0.2) is 4.39 Å².